The van der Waals surface area contributed by atoms with Crippen LogP contribution in [0.2, 0.25) is 0 Å². The summed E-state index contributed by atoms with van der Waals surface area (Å²) in [6, 6.07) is 15.4. The van der Waals surface area contributed by atoms with Gasteiger partial charge in [-0.3, -0.25) is 4.79 Å². The highest BCUT2D eigenvalue weighted by atomic mass is 16.5. The Bertz CT molecular complexity index is 819. The molecule has 2 aliphatic heterocycles. The molecule has 0 bridgehead atoms. The summed E-state index contributed by atoms with van der Waals surface area (Å²) in [4.78, 5) is 26.8. The molecule has 0 aliphatic carbocycles. The molecule has 2 heterocycles. The summed E-state index contributed by atoms with van der Waals surface area (Å²) in [6.45, 7) is 1.34. The Morgan fingerprint density at radius 1 is 1.24 bits per heavy atom. The summed E-state index contributed by atoms with van der Waals surface area (Å²) >= 11 is 0. The van der Waals surface area contributed by atoms with Crippen LogP contribution in [0, 0.1) is 5.92 Å². The number of nitrogens with zero attached hydrogens (tertiary/aromatic N) is 1. The average molecular weight is 336 g/mol. The van der Waals surface area contributed by atoms with E-state index in [0.29, 0.717) is 12.1 Å². The van der Waals surface area contributed by atoms with E-state index in [2.05, 4.69) is 5.32 Å². The lowest BCUT2D eigenvalue weighted by Crippen LogP contribution is -2.43. The zero-order valence-electron chi connectivity index (χ0n) is 14.1. The molecule has 0 aromatic heterocycles. The average Bonchev–Trinajstić information content (AvgIpc) is 3.15. The molecular weight excluding hydrogens is 316 g/mol. The minimum Gasteiger partial charge on any atom is -0.465 e. The molecule has 4 rings (SSSR count). The van der Waals surface area contributed by atoms with E-state index < -0.39 is 0 Å². The molecular formula is C20H20N2O3. The molecule has 0 radical (unpaired) electrons. The summed E-state index contributed by atoms with van der Waals surface area (Å²) < 4.78 is 4.84. The molecule has 25 heavy (non-hydrogen) atoms. The Morgan fingerprint density at radius 3 is 2.80 bits per heavy atom. The van der Waals surface area contributed by atoms with Crippen molar-refractivity contribution in [1.82, 2.24) is 5.32 Å². The minimum absolute atomic E-state index is 0.0286. The maximum absolute atomic E-state index is 13.0. The number of hydrogen-bond donors (Lipinski definition) is 1. The zero-order valence-corrected chi connectivity index (χ0v) is 14.1. The fourth-order valence-corrected chi connectivity index (χ4v) is 3.84. The first kappa shape index (κ1) is 15.8. The number of anilines is 1. The van der Waals surface area contributed by atoms with Crippen LogP contribution in [0.15, 0.2) is 48.5 Å². The number of carbonyl (C=O) groups excluding carboxylic acids is 2. The van der Waals surface area contributed by atoms with Crippen molar-refractivity contribution >= 4 is 17.6 Å². The molecule has 2 atom stereocenters. The highest BCUT2D eigenvalue weighted by Crippen LogP contribution is 2.43. The molecule has 1 fully saturated rings. The van der Waals surface area contributed by atoms with Gasteiger partial charge in [-0.05, 0) is 42.3 Å². The van der Waals surface area contributed by atoms with Gasteiger partial charge in [-0.15, -0.1) is 0 Å². The molecule has 2 aromatic rings. The third-order valence-corrected chi connectivity index (χ3v) is 5.06. The van der Waals surface area contributed by atoms with Crippen LogP contribution in [0.1, 0.15) is 33.9 Å². The van der Waals surface area contributed by atoms with Crippen LogP contribution in [0.25, 0.3) is 0 Å². The first-order valence-corrected chi connectivity index (χ1v) is 8.50. The molecule has 2 aliphatic rings. The maximum Gasteiger partial charge on any atom is 0.337 e. The van der Waals surface area contributed by atoms with Crippen LogP contribution in [0.3, 0.4) is 0 Å². The second-order valence-corrected chi connectivity index (χ2v) is 6.50. The van der Waals surface area contributed by atoms with Gasteiger partial charge in [-0.2, -0.15) is 0 Å². The molecule has 0 unspecified atom stereocenters. The van der Waals surface area contributed by atoms with Gasteiger partial charge in [0, 0.05) is 11.7 Å². The number of methoxy groups -OCH3 is 1. The van der Waals surface area contributed by atoms with Gasteiger partial charge in [-0.1, -0.05) is 30.3 Å². The Kier molecular flexibility index (Phi) is 4.01. The summed E-state index contributed by atoms with van der Waals surface area (Å²) in [7, 11) is 1.38. The third-order valence-electron chi connectivity index (χ3n) is 5.06. The molecule has 1 amide bonds. The van der Waals surface area contributed by atoms with Gasteiger partial charge in [0.05, 0.1) is 25.1 Å². The molecule has 1 saturated heterocycles. The normalized spacial score (nSPS) is 21.6. The second-order valence-electron chi connectivity index (χ2n) is 6.50. The predicted octanol–water partition coefficient (Wildman–Crippen LogP) is 2.67. The van der Waals surface area contributed by atoms with Crippen molar-refractivity contribution in [1.29, 1.82) is 0 Å². The fourth-order valence-electron chi connectivity index (χ4n) is 3.84. The zero-order chi connectivity index (χ0) is 17.4. The van der Waals surface area contributed by atoms with Crippen molar-refractivity contribution in [2.45, 2.75) is 19.0 Å². The largest absolute Gasteiger partial charge is 0.465 e. The molecule has 5 heteroatoms. The van der Waals surface area contributed by atoms with Crippen molar-refractivity contribution in [2.24, 2.45) is 5.92 Å². The van der Waals surface area contributed by atoms with E-state index in [-0.39, 0.29) is 23.8 Å². The number of amides is 1. The highest BCUT2D eigenvalue weighted by molar-refractivity contribution is 6.00. The van der Waals surface area contributed by atoms with E-state index in [0.717, 1.165) is 29.8 Å². The second kappa shape index (κ2) is 6.33. The van der Waals surface area contributed by atoms with E-state index in [1.807, 2.05) is 47.4 Å². The van der Waals surface area contributed by atoms with Gasteiger partial charge in [-0.25, -0.2) is 4.79 Å². The number of nitrogens with one attached hydrogen (secondary N) is 1. The maximum atomic E-state index is 13.0. The van der Waals surface area contributed by atoms with Crippen LogP contribution in [-0.4, -0.2) is 25.5 Å². The number of carbonyl (C=O) groups is 2. The van der Waals surface area contributed by atoms with E-state index >= 15 is 0 Å². The molecule has 128 valence electrons. The van der Waals surface area contributed by atoms with Gasteiger partial charge >= 0.3 is 5.97 Å². The Morgan fingerprint density at radius 2 is 2.04 bits per heavy atom. The highest BCUT2D eigenvalue weighted by Gasteiger charge is 2.43. The first-order chi connectivity index (χ1) is 12.2. The van der Waals surface area contributed by atoms with Gasteiger partial charge < -0.3 is 15.0 Å². The van der Waals surface area contributed by atoms with Crippen molar-refractivity contribution in [2.75, 3.05) is 18.6 Å². The predicted molar refractivity (Wildman–Crippen MR) is 94.3 cm³/mol. The lowest BCUT2D eigenvalue weighted by molar-refractivity contribution is -0.123. The molecule has 5 nitrogen and oxygen atoms in total. The number of esters is 1. The molecule has 0 spiro atoms. The lowest BCUT2D eigenvalue weighted by atomic mass is 9.86. The molecule has 0 saturated carbocycles. The Balaban J connectivity index is 1.77. The van der Waals surface area contributed by atoms with E-state index in [4.69, 9.17) is 4.74 Å². The summed E-state index contributed by atoms with van der Waals surface area (Å²) in [5.41, 5.74) is 3.48. The number of rotatable bonds is 3. The van der Waals surface area contributed by atoms with Crippen LogP contribution < -0.4 is 10.2 Å². The first-order valence-electron chi connectivity index (χ1n) is 8.50. The standard InChI is InChI=1S/C20H20N2O3/c1-25-20(24)14-7-8-17-16(11-14)18-15(9-10-21-18)19(23)22(17)12-13-5-3-2-4-6-13/h2-8,11,15,18,21H,9-10,12H2,1H3/t15-,18+/m1/s1. The number of benzene rings is 2. The number of hydrogen-bond acceptors (Lipinski definition) is 4. The van der Waals surface area contributed by atoms with Crippen molar-refractivity contribution < 1.29 is 14.3 Å². The van der Waals surface area contributed by atoms with Gasteiger partial charge in [0.25, 0.3) is 0 Å². The summed E-state index contributed by atoms with van der Waals surface area (Å²) in [5, 5.41) is 3.41. The van der Waals surface area contributed by atoms with Gasteiger partial charge in [0.1, 0.15) is 0 Å². The van der Waals surface area contributed by atoms with Crippen molar-refractivity contribution in [3.63, 3.8) is 0 Å². The molecule has 2 aromatic carbocycles. The summed E-state index contributed by atoms with van der Waals surface area (Å²) in [6.07, 6.45) is 0.816. The fraction of sp³-hybridized carbons (Fsp3) is 0.300. The SMILES string of the molecule is COC(=O)c1ccc2c(c1)[C@H]1NCC[C@H]1C(=O)N2Cc1ccccc1. The van der Waals surface area contributed by atoms with Crippen molar-refractivity contribution in [3.05, 3.63) is 65.2 Å². The van der Waals surface area contributed by atoms with Crippen molar-refractivity contribution in [3.8, 4) is 0 Å². The monoisotopic (exact) mass is 336 g/mol. The Hall–Kier alpha value is -2.66. The van der Waals surface area contributed by atoms with Crippen LogP contribution in [0.5, 0.6) is 0 Å². The topological polar surface area (TPSA) is 58.6 Å². The summed E-state index contributed by atoms with van der Waals surface area (Å²) in [5.74, 6) is -0.287. The van der Waals surface area contributed by atoms with Crippen LogP contribution in [-0.2, 0) is 16.1 Å². The number of fused-ring (bicyclic) bond motifs is 3. The van der Waals surface area contributed by atoms with Gasteiger partial charge in [0.15, 0.2) is 0 Å². The van der Waals surface area contributed by atoms with E-state index in [1.54, 1.807) is 6.07 Å². The quantitative estimate of drug-likeness (QED) is 0.876. The van der Waals surface area contributed by atoms with Crippen LogP contribution >= 0.6 is 0 Å². The lowest BCUT2D eigenvalue weighted by Gasteiger charge is -2.36. The Labute approximate surface area is 146 Å². The van der Waals surface area contributed by atoms with Gasteiger partial charge in [0.2, 0.25) is 5.91 Å². The molecule has 1 N–H and O–H groups in total. The smallest absolute Gasteiger partial charge is 0.337 e. The van der Waals surface area contributed by atoms with E-state index in [9.17, 15) is 9.59 Å². The number of ether oxygens (including phenoxy) is 1. The minimum atomic E-state index is -0.358. The van der Waals surface area contributed by atoms with Crippen LogP contribution in [0.4, 0.5) is 5.69 Å². The van der Waals surface area contributed by atoms with E-state index in [1.165, 1.54) is 7.11 Å². The third kappa shape index (κ3) is 2.70.